The van der Waals surface area contributed by atoms with Gasteiger partial charge in [0, 0.05) is 12.1 Å². The van der Waals surface area contributed by atoms with Gasteiger partial charge in [0.05, 0.1) is 19.6 Å². The molecule has 1 heterocycles. The monoisotopic (exact) mass is 250 g/mol. The van der Waals surface area contributed by atoms with Gasteiger partial charge in [0.25, 0.3) is 0 Å². The van der Waals surface area contributed by atoms with Gasteiger partial charge in [-0.25, -0.2) is 9.59 Å². The lowest BCUT2D eigenvalue weighted by Crippen LogP contribution is -2.05. The van der Waals surface area contributed by atoms with Gasteiger partial charge < -0.3 is 19.0 Å². The van der Waals surface area contributed by atoms with Gasteiger partial charge in [-0.3, -0.25) is 0 Å². The largest absolute Gasteiger partial charge is 0.496 e. The predicted octanol–water partition coefficient (Wildman–Crippen LogP) is 1.51. The number of carbonyl (C=O) groups is 1. The van der Waals surface area contributed by atoms with E-state index in [4.69, 9.17) is 13.9 Å². The molecule has 0 atom stereocenters. The molecule has 0 aliphatic heterocycles. The minimum absolute atomic E-state index is 0.0706. The minimum atomic E-state index is -1.18. The van der Waals surface area contributed by atoms with Crippen LogP contribution in [0, 0.1) is 0 Å². The van der Waals surface area contributed by atoms with Crippen LogP contribution in [0.2, 0.25) is 0 Å². The van der Waals surface area contributed by atoms with E-state index in [1.807, 2.05) is 0 Å². The van der Waals surface area contributed by atoms with Gasteiger partial charge in [-0.15, -0.1) is 0 Å². The maximum atomic E-state index is 11.2. The maximum absolute atomic E-state index is 11.2. The zero-order valence-corrected chi connectivity index (χ0v) is 9.72. The Morgan fingerprint density at radius 3 is 2.56 bits per heavy atom. The van der Waals surface area contributed by atoms with E-state index in [0.29, 0.717) is 5.39 Å². The first-order chi connectivity index (χ1) is 8.58. The summed E-state index contributed by atoms with van der Waals surface area (Å²) in [4.78, 5) is 22.4. The summed E-state index contributed by atoms with van der Waals surface area (Å²) in [7, 11) is 2.67. The minimum Gasteiger partial charge on any atom is -0.496 e. The molecular weight excluding hydrogens is 240 g/mol. The van der Waals surface area contributed by atoms with Crippen molar-refractivity contribution in [2.24, 2.45) is 0 Å². The average molecular weight is 250 g/mol. The van der Waals surface area contributed by atoms with Crippen molar-refractivity contribution in [2.75, 3.05) is 14.2 Å². The van der Waals surface area contributed by atoms with E-state index in [-0.39, 0.29) is 22.6 Å². The van der Waals surface area contributed by atoms with Crippen LogP contribution in [0.3, 0.4) is 0 Å². The molecule has 0 amide bonds. The molecule has 0 saturated heterocycles. The molecule has 0 aliphatic rings. The smallest absolute Gasteiger partial charge is 0.343 e. The average Bonchev–Trinajstić information content (AvgIpc) is 2.35. The second-order valence-electron chi connectivity index (χ2n) is 3.46. The molecule has 6 nitrogen and oxygen atoms in total. The molecule has 6 heteroatoms. The first kappa shape index (κ1) is 12.0. The van der Waals surface area contributed by atoms with Gasteiger partial charge in [-0.2, -0.15) is 0 Å². The van der Waals surface area contributed by atoms with Crippen molar-refractivity contribution in [3.63, 3.8) is 0 Å². The number of methoxy groups -OCH3 is 2. The first-order valence-electron chi connectivity index (χ1n) is 5.00. The van der Waals surface area contributed by atoms with Crippen LogP contribution in [-0.2, 0) is 0 Å². The molecule has 1 aromatic heterocycles. The quantitative estimate of drug-likeness (QED) is 0.831. The predicted molar refractivity (Wildman–Crippen MR) is 62.5 cm³/mol. The zero-order chi connectivity index (χ0) is 13.3. The molecule has 94 valence electrons. The molecule has 0 aliphatic carbocycles. The van der Waals surface area contributed by atoms with Gasteiger partial charge in [0.2, 0.25) is 0 Å². The van der Waals surface area contributed by atoms with Crippen molar-refractivity contribution in [3.8, 4) is 11.5 Å². The Morgan fingerprint density at radius 1 is 1.28 bits per heavy atom. The highest BCUT2D eigenvalue weighted by Gasteiger charge is 2.21. The van der Waals surface area contributed by atoms with Crippen LogP contribution in [0.15, 0.2) is 27.4 Å². The standard InChI is InChI=1S/C12H10O6/c1-16-8-5-7-6(3-4-9(13)18-7)11(17-2)10(8)12(14)15/h3-5H,1-2H3,(H,14,15). The molecule has 0 fully saturated rings. The lowest BCUT2D eigenvalue weighted by atomic mass is 10.1. The fourth-order valence-corrected chi connectivity index (χ4v) is 1.74. The second kappa shape index (κ2) is 4.40. The van der Waals surface area contributed by atoms with Gasteiger partial charge in [0.1, 0.15) is 22.6 Å². The van der Waals surface area contributed by atoms with Crippen molar-refractivity contribution in [1.29, 1.82) is 0 Å². The Kier molecular flexibility index (Phi) is 2.93. The molecular formula is C12H10O6. The Hall–Kier alpha value is -2.50. The van der Waals surface area contributed by atoms with Crippen LogP contribution in [-0.4, -0.2) is 25.3 Å². The summed E-state index contributed by atoms with van der Waals surface area (Å²) in [5.74, 6) is -1.02. The number of fused-ring (bicyclic) bond motifs is 1. The number of carboxylic acid groups (broad SMARTS) is 1. The van der Waals surface area contributed by atoms with E-state index in [9.17, 15) is 14.7 Å². The van der Waals surface area contributed by atoms with E-state index >= 15 is 0 Å². The van der Waals surface area contributed by atoms with Crippen LogP contribution in [0.5, 0.6) is 11.5 Å². The van der Waals surface area contributed by atoms with Gasteiger partial charge in [0.15, 0.2) is 0 Å². The number of hydrogen-bond acceptors (Lipinski definition) is 5. The van der Waals surface area contributed by atoms with Crippen molar-refractivity contribution >= 4 is 16.9 Å². The van der Waals surface area contributed by atoms with Crippen molar-refractivity contribution in [2.45, 2.75) is 0 Å². The first-order valence-corrected chi connectivity index (χ1v) is 5.00. The van der Waals surface area contributed by atoms with E-state index in [2.05, 4.69) is 0 Å². The highest BCUT2D eigenvalue weighted by atomic mass is 16.5. The molecule has 0 unspecified atom stereocenters. The lowest BCUT2D eigenvalue weighted by Gasteiger charge is -2.11. The van der Waals surface area contributed by atoms with Crippen LogP contribution in [0.25, 0.3) is 11.0 Å². The van der Waals surface area contributed by atoms with Gasteiger partial charge >= 0.3 is 11.6 Å². The molecule has 0 bridgehead atoms. The van der Waals surface area contributed by atoms with Crippen molar-refractivity contribution < 1.29 is 23.8 Å². The van der Waals surface area contributed by atoms with Crippen LogP contribution < -0.4 is 15.1 Å². The Morgan fingerprint density at radius 2 is 2.00 bits per heavy atom. The lowest BCUT2D eigenvalue weighted by molar-refractivity contribution is 0.0690. The van der Waals surface area contributed by atoms with E-state index in [1.54, 1.807) is 0 Å². The third-order valence-corrected chi connectivity index (χ3v) is 2.48. The second-order valence-corrected chi connectivity index (χ2v) is 3.46. The van der Waals surface area contributed by atoms with Crippen molar-refractivity contribution in [1.82, 2.24) is 0 Å². The fourth-order valence-electron chi connectivity index (χ4n) is 1.74. The highest BCUT2D eigenvalue weighted by Crippen LogP contribution is 2.36. The number of ether oxygens (including phenoxy) is 2. The summed E-state index contributed by atoms with van der Waals surface area (Å²) in [5.41, 5.74) is -0.433. The molecule has 0 radical (unpaired) electrons. The van der Waals surface area contributed by atoms with Gasteiger partial charge in [-0.1, -0.05) is 0 Å². The summed E-state index contributed by atoms with van der Waals surface area (Å²) in [5, 5.41) is 9.57. The highest BCUT2D eigenvalue weighted by molar-refractivity contribution is 6.02. The molecule has 18 heavy (non-hydrogen) atoms. The Bertz CT molecular complexity index is 670. The van der Waals surface area contributed by atoms with Crippen molar-refractivity contribution in [3.05, 3.63) is 34.2 Å². The van der Waals surface area contributed by atoms with Crippen LogP contribution in [0.1, 0.15) is 10.4 Å². The molecule has 0 spiro atoms. The number of rotatable bonds is 3. The number of aromatic carboxylic acids is 1. The normalized spacial score (nSPS) is 10.3. The summed E-state index contributed by atoms with van der Waals surface area (Å²) in [6, 6.07) is 4.00. The fraction of sp³-hybridized carbons (Fsp3) is 0.167. The van der Waals surface area contributed by atoms with Crippen LogP contribution in [0.4, 0.5) is 0 Å². The molecule has 1 aromatic carbocycles. The number of benzene rings is 1. The SMILES string of the molecule is COc1cc2oc(=O)ccc2c(OC)c1C(=O)O. The van der Waals surface area contributed by atoms with E-state index in [1.165, 1.54) is 32.4 Å². The summed E-state index contributed by atoms with van der Waals surface area (Å²) in [6.45, 7) is 0. The van der Waals surface area contributed by atoms with Crippen LogP contribution >= 0.6 is 0 Å². The molecule has 2 rings (SSSR count). The molecule has 1 N–H and O–H groups in total. The number of carboxylic acids is 1. The molecule has 0 saturated carbocycles. The third kappa shape index (κ3) is 1.77. The zero-order valence-electron chi connectivity index (χ0n) is 9.72. The Labute approximate surface area is 101 Å². The molecule has 2 aromatic rings. The summed E-state index contributed by atoms with van der Waals surface area (Å²) >= 11 is 0. The summed E-state index contributed by atoms with van der Waals surface area (Å²) < 4.78 is 15.0. The van der Waals surface area contributed by atoms with E-state index in [0.717, 1.165) is 0 Å². The van der Waals surface area contributed by atoms with Gasteiger partial charge in [-0.05, 0) is 6.07 Å². The third-order valence-electron chi connectivity index (χ3n) is 2.48. The summed E-state index contributed by atoms with van der Waals surface area (Å²) in [6.07, 6.45) is 0. The maximum Gasteiger partial charge on any atom is 0.343 e. The topological polar surface area (TPSA) is 86.0 Å². The number of hydrogen-bond donors (Lipinski definition) is 1. The Balaban J connectivity index is 2.94. The van der Waals surface area contributed by atoms with E-state index < -0.39 is 11.6 Å².